The van der Waals surface area contributed by atoms with Crippen LogP contribution in [0.25, 0.3) is 12.2 Å². The third kappa shape index (κ3) is 2.35. The number of carboxylic acids is 1. The normalized spacial score (nSPS) is 10.8. The predicted octanol–water partition coefficient (Wildman–Crippen LogP) is 3.01. The molecular formula is C12H9NO2S. The molecule has 0 aliphatic heterocycles. The number of aromatic nitrogens is 1. The molecule has 0 aliphatic rings. The zero-order valence-corrected chi connectivity index (χ0v) is 9.15. The fourth-order valence-corrected chi connectivity index (χ4v) is 1.90. The molecule has 1 N–H and O–H groups in total. The smallest absolute Gasteiger partial charge is 0.337 e. The molecular weight excluding hydrogens is 222 g/mol. The molecule has 3 nitrogen and oxygen atoms in total. The molecule has 16 heavy (non-hydrogen) atoms. The monoisotopic (exact) mass is 231 g/mol. The van der Waals surface area contributed by atoms with Crippen LogP contribution in [0.1, 0.15) is 20.9 Å². The minimum atomic E-state index is -0.959. The lowest BCUT2D eigenvalue weighted by molar-refractivity contribution is 0.0696. The topological polar surface area (TPSA) is 50.2 Å². The minimum absolute atomic E-state index is 0.218. The Labute approximate surface area is 96.7 Å². The number of hydrogen-bond donors (Lipinski definition) is 1. The molecule has 0 fully saturated rings. The van der Waals surface area contributed by atoms with Crippen LogP contribution in [0.3, 0.4) is 0 Å². The molecule has 0 spiro atoms. The average Bonchev–Trinajstić information content (AvgIpc) is 2.79. The molecule has 2 rings (SSSR count). The van der Waals surface area contributed by atoms with Gasteiger partial charge in [-0.05, 0) is 35.7 Å². The maximum Gasteiger partial charge on any atom is 0.337 e. The highest BCUT2D eigenvalue weighted by molar-refractivity contribution is 7.10. The fourth-order valence-electron chi connectivity index (χ4n) is 1.28. The van der Waals surface area contributed by atoms with Gasteiger partial charge in [0.05, 0.1) is 11.3 Å². The summed E-state index contributed by atoms with van der Waals surface area (Å²) < 4.78 is 0. The standard InChI is InChI=1S/C12H9NO2S/c14-12(15)10-4-1-7-13-11(10)6-5-9-3-2-8-16-9/h1-8H,(H,14,15)/b6-5+. The summed E-state index contributed by atoms with van der Waals surface area (Å²) in [6.45, 7) is 0. The molecule has 2 heterocycles. The van der Waals surface area contributed by atoms with Crippen LogP contribution in [-0.2, 0) is 0 Å². The van der Waals surface area contributed by atoms with E-state index in [1.807, 2.05) is 23.6 Å². The largest absolute Gasteiger partial charge is 0.478 e. The molecule has 0 atom stereocenters. The molecule has 0 saturated carbocycles. The first-order valence-corrected chi connectivity index (χ1v) is 5.55. The summed E-state index contributed by atoms with van der Waals surface area (Å²) in [6.07, 6.45) is 5.16. The van der Waals surface area contributed by atoms with E-state index < -0.39 is 5.97 Å². The van der Waals surface area contributed by atoms with Crippen molar-refractivity contribution in [2.75, 3.05) is 0 Å². The molecule has 0 unspecified atom stereocenters. The zero-order chi connectivity index (χ0) is 11.4. The van der Waals surface area contributed by atoms with E-state index in [9.17, 15) is 4.79 Å². The molecule has 0 amide bonds. The van der Waals surface area contributed by atoms with E-state index in [1.165, 1.54) is 0 Å². The highest BCUT2D eigenvalue weighted by Crippen LogP contribution is 2.14. The first kappa shape index (κ1) is 10.6. The molecule has 2 aromatic heterocycles. The maximum atomic E-state index is 10.9. The van der Waals surface area contributed by atoms with Crippen molar-refractivity contribution in [3.8, 4) is 0 Å². The van der Waals surface area contributed by atoms with Crippen LogP contribution in [0.15, 0.2) is 35.8 Å². The van der Waals surface area contributed by atoms with Crippen molar-refractivity contribution in [1.29, 1.82) is 0 Å². The van der Waals surface area contributed by atoms with Crippen molar-refractivity contribution in [3.63, 3.8) is 0 Å². The summed E-state index contributed by atoms with van der Waals surface area (Å²) in [5, 5.41) is 10.9. The van der Waals surface area contributed by atoms with Crippen LogP contribution in [0, 0.1) is 0 Å². The van der Waals surface area contributed by atoms with Crippen LogP contribution < -0.4 is 0 Å². The fraction of sp³-hybridized carbons (Fsp3) is 0. The lowest BCUT2D eigenvalue weighted by Crippen LogP contribution is -2.00. The minimum Gasteiger partial charge on any atom is -0.478 e. The molecule has 80 valence electrons. The van der Waals surface area contributed by atoms with Crippen LogP contribution in [0.5, 0.6) is 0 Å². The zero-order valence-electron chi connectivity index (χ0n) is 8.33. The number of nitrogens with zero attached hydrogens (tertiary/aromatic N) is 1. The molecule has 0 radical (unpaired) electrons. The van der Waals surface area contributed by atoms with Crippen molar-refractivity contribution >= 4 is 29.5 Å². The lowest BCUT2D eigenvalue weighted by atomic mass is 10.2. The van der Waals surface area contributed by atoms with Gasteiger partial charge in [0.2, 0.25) is 0 Å². The Morgan fingerprint density at radius 3 is 2.88 bits per heavy atom. The molecule has 0 aliphatic carbocycles. The number of carbonyl (C=O) groups is 1. The van der Waals surface area contributed by atoms with Gasteiger partial charge in [-0.3, -0.25) is 4.98 Å². The number of thiophene rings is 1. The van der Waals surface area contributed by atoms with Gasteiger partial charge in [-0.2, -0.15) is 0 Å². The molecule has 2 aromatic rings. The summed E-state index contributed by atoms with van der Waals surface area (Å²) in [4.78, 5) is 16.0. The lowest BCUT2D eigenvalue weighted by Gasteiger charge is -1.98. The molecule has 4 heteroatoms. The van der Waals surface area contributed by atoms with Crippen molar-refractivity contribution in [3.05, 3.63) is 52.0 Å². The van der Waals surface area contributed by atoms with Crippen LogP contribution in [-0.4, -0.2) is 16.1 Å². The summed E-state index contributed by atoms with van der Waals surface area (Å²) >= 11 is 1.59. The van der Waals surface area contributed by atoms with Gasteiger partial charge in [0.25, 0.3) is 0 Å². The quantitative estimate of drug-likeness (QED) is 0.883. The van der Waals surface area contributed by atoms with E-state index in [1.54, 1.807) is 35.7 Å². The van der Waals surface area contributed by atoms with Gasteiger partial charge in [-0.1, -0.05) is 6.07 Å². The van der Waals surface area contributed by atoms with Crippen molar-refractivity contribution < 1.29 is 9.90 Å². The summed E-state index contributed by atoms with van der Waals surface area (Å²) in [7, 11) is 0. The second-order valence-electron chi connectivity index (χ2n) is 3.09. The van der Waals surface area contributed by atoms with E-state index in [0.717, 1.165) is 4.88 Å². The molecule has 0 bridgehead atoms. The number of pyridine rings is 1. The van der Waals surface area contributed by atoms with E-state index in [2.05, 4.69) is 4.98 Å². The summed E-state index contributed by atoms with van der Waals surface area (Å²) in [6, 6.07) is 7.07. The van der Waals surface area contributed by atoms with E-state index in [-0.39, 0.29) is 5.56 Å². The number of rotatable bonds is 3. The third-order valence-electron chi connectivity index (χ3n) is 2.02. The number of hydrogen-bond acceptors (Lipinski definition) is 3. The van der Waals surface area contributed by atoms with Gasteiger partial charge < -0.3 is 5.11 Å². The van der Waals surface area contributed by atoms with Gasteiger partial charge in [0, 0.05) is 11.1 Å². The first-order chi connectivity index (χ1) is 7.77. The molecule has 0 saturated heterocycles. The van der Waals surface area contributed by atoms with Gasteiger partial charge in [0.15, 0.2) is 0 Å². The van der Waals surface area contributed by atoms with Crippen molar-refractivity contribution in [2.45, 2.75) is 0 Å². The van der Waals surface area contributed by atoms with Gasteiger partial charge in [0.1, 0.15) is 0 Å². The SMILES string of the molecule is O=C(O)c1cccnc1/C=C/c1cccs1. The highest BCUT2D eigenvalue weighted by atomic mass is 32.1. The van der Waals surface area contributed by atoms with E-state index in [4.69, 9.17) is 5.11 Å². The number of carboxylic acid groups (broad SMARTS) is 1. The first-order valence-electron chi connectivity index (χ1n) is 4.67. The van der Waals surface area contributed by atoms with E-state index in [0.29, 0.717) is 5.69 Å². The average molecular weight is 231 g/mol. The predicted molar refractivity (Wildman–Crippen MR) is 64.4 cm³/mol. The van der Waals surface area contributed by atoms with Crippen LogP contribution in [0.4, 0.5) is 0 Å². The Bertz CT molecular complexity index is 518. The van der Waals surface area contributed by atoms with Crippen LogP contribution in [0.2, 0.25) is 0 Å². The Morgan fingerprint density at radius 2 is 2.19 bits per heavy atom. The highest BCUT2D eigenvalue weighted by Gasteiger charge is 2.07. The summed E-state index contributed by atoms with van der Waals surface area (Å²) in [5.74, 6) is -0.959. The van der Waals surface area contributed by atoms with Gasteiger partial charge >= 0.3 is 5.97 Å². The van der Waals surface area contributed by atoms with Crippen molar-refractivity contribution in [2.24, 2.45) is 0 Å². The Hall–Kier alpha value is -1.94. The Morgan fingerprint density at radius 1 is 1.31 bits per heavy atom. The number of aromatic carboxylic acids is 1. The van der Waals surface area contributed by atoms with Crippen molar-refractivity contribution in [1.82, 2.24) is 4.98 Å². The maximum absolute atomic E-state index is 10.9. The second kappa shape index (κ2) is 4.72. The summed E-state index contributed by atoms with van der Waals surface area (Å²) in [5.41, 5.74) is 0.693. The second-order valence-corrected chi connectivity index (χ2v) is 4.07. The van der Waals surface area contributed by atoms with Gasteiger partial charge in [-0.25, -0.2) is 4.79 Å². The third-order valence-corrected chi connectivity index (χ3v) is 2.86. The van der Waals surface area contributed by atoms with Crippen LogP contribution >= 0.6 is 11.3 Å². The Balaban J connectivity index is 2.31. The Kier molecular flexibility index (Phi) is 3.12. The van der Waals surface area contributed by atoms with E-state index >= 15 is 0 Å². The molecule has 0 aromatic carbocycles. The van der Waals surface area contributed by atoms with Gasteiger partial charge in [-0.15, -0.1) is 11.3 Å².